The van der Waals surface area contributed by atoms with E-state index in [1.807, 2.05) is 0 Å². The number of primary amides is 1. The summed E-state index contributed by atoms with van der Waals surface area (Å²) in [7, 11) is -4.11. The number of amides is 1. The van der Waals surface area contributed by atoms with Crippen molar-refractivity contribution in [2.75, 3.05) is 12.0 Å². The summed E-state index contributed by atoms with van der Waals surface area (Å²) in [6.45, 7) is -0.0668. The van der Waals surface area contributed by atoms with Crippen molar-refractivity contribution < 1.29 is 18.1 Å². The number of nitrogens with two attached hydrogens (primary N) is 2. The first-order valence-electron chi connectivity index (χ1n) is 5.81. The van der Waals surface area contributed by atoms with Gasteiger partial charge in [0, 0.05) is 19.0 Å². The van der Waals surface area contributed by atoms with E-state index in [1.165, 1.54) is 6.07 Å². The minimum Gasteiger partial charge on any atom is -0.370 e. The Morgan fingerprint density at radius 1 is 1.38 bits per heavy atom. The number of rotatable bonds is 8. The summed E-state index contributed by atoms with van der Waals surface area (Å²) in [6.07, 6.45) is 0.201. The first-order chi connectivity index (χ1) is 9.77. The molecule has 1 amide bonds. The van der Waals surface area contributed by atoms with Gasteiger partial charge in [-0.25, -0.2) is 13.1 Å². The smallest absolute Gasteiger partial charge is 0.289 e. The van der Waals surface area contributed by atoms with Crippen molar-refractivity contribution in [3.63, 3.8) is 0 Å². The van der Waals surface area contributed by atoms with Crippen molar-refractivity contribution in [2.45, 2.75) is 17.7 Å². The predicted octanol–water partition coefficient (Wildman–Crippen LogP) is -0.576. The van der Waals surface area contributed by atoms with Gasteiger partial charge in [0.2, 0.25) is 15.9 Å². The fraction of sp³-hybridized carbons (Fsp3) is 0.300. The lowest BCUT2D eigenvalue weighted by Gasteiger charge is -2.08. The van der Waals surface area contributed by atoms with E-state index in [9.17, 15) is 23.3 Å². The summed E-state index contributed by atoms with van der Waals surface area (Å²) in [5.74, 6) is 4.60. The molecule has 0 saturated carbocycles. The number of nitrogen functional groups attached to an aromatic ring is 1. The molecule has 0 atom stereocenters. The van der Waals surface area contributed by atoms with Gasteiger partial charge >= 0.3 is 0 Å². The molecule has 0 aliphatic rings. The van der Waals surface area contributed by atoms with Gasteiger partial charge in [-0.1, -0.05) is 0 Å². The number of nitro groups is 1. The number of nitro benzene ring substituents is 1. The topological polar surface area (TPSA) is 170 Å². The Bertz CT molecular complexity index is 645. The van der Waals surface area contributed by atoms with E-state index in [2.05, 4.69) is 10.1 Å². The van der Waals surface area contributed by atoms with Crippen LogP contribution in [0.5, 0.6) is 0 Å². The standard InChI is InChI=1S/C10H15N5O5S/c11-10(16)2-1-5-13-21(19,20)9-6-7(14-12)3-4-8(9)15(17)18/h3-4,6,13-14H,1-2,5,12H2,(H2,11,16). The molecule has 0 unspecified atom stereocenters. The Balaban J connectivity index is 3.00. The summed E-state index contributed by atoms with van der Waals surface area (Å²) in [5, 5.41) is 10.9. The number of hydrogen-bond donors (Lipinski definition) is 4. The van der Waals surface area contributed by atoms with Crippen LogP contribution in [0.25, 0.3) is 0 Å². The Labute approximate surface area is 120 Å². The van der Waals surface area contributed by atoms with Crippen molar-refractivity contribution in [3.8, 4) is 0 Å². The van der Waals surface area contributed by atoms with E-state index in [0.29, 0.717) is 0 Å². The zero-order valence-electron chi connectivity index (χ0n) is 10.9. The van der Waals surface area contributed by atoms with Gasteiger partial charge in [-0.05, 0) is 18.6 Å². The molecule has 0 aliphatic carbocycles. The summed E-state index contributed by atoms with van der Waals surface area (Å²) in [4.78, 5) is 20.1. The SMILES string of the molecule is NNc1ccc([N+](=O)[O-])c(S(=O)(=O)NCCCC(N)=O)c1. The number of carbonyl (C=O) groups is 1. The Morgan fingerprint density at radius 2 is 2.05 bits per heavy atom. The Hall–Kier alpha value is -2.24. The van der Waals surface area contributed by atoms with Crippen LogP contribution in [0.2, 0.25) is 0 Å². The van der Waals surface area contributed by atoms with Crippen LogP contribution in [0.15, 0.2) is 23.1 Å². The van der Waals surface area contributed by atoms with Crippen LogP contribution < -0.4 is 21.7 Å². The molecule has 0 fully saturated rings. The molecule has 6 N–H and O–H groups in total. The number of sulfonamides is 1. The molecule has 0 radical (unpaired) electrons. The van der Waals surface area contributed by atoms with Gasteiger partial charge in [0.05, 0.1) is 10.6 Å². The molecule has 21 heavy (non-hydrogen) atoms. The van der Waals surface area contributed by atoms with Crippen LogP contribution in [-0.4, -0.2) is 25.8 Å². The Kier molecular flexibility index (Phi) is 5.58. The fourth-order valence-electron chi connectivity index (χ4n) is 1.52. The first-order valence-corrected chi connectivity index (χ1v) is 7.29. The summed E-state index contributed by atoms with van der Waals surface area (Å²) < 4.78 is 26.3. The molecule has 0 spiro atoms. The van der Waals surface area contributed by atoms with E-state index in [0.717, 1.165) is 12.1 Å². The second kappa shape index (κ2) is 6.97. The van der Waals surface area contributed by atoms with Crippen molar-refractivity contribution in [1.29, 1.82) is 0 Å². The molecule has 11 heteroatoms. The number of anilines is 1. The highest BCUT2D eigenvalue weighted by atomic mass is 32.2. The maximum atomic E-state index is 12.1. The fourth-order valence-corrected chi connectivity index (χ4v) is 2.79. The third kappa shape index (κ3) is 4.66. The van der Waals surface area contributed by atoms with Crippen LogP contribution in [0.3, 0.4) is 0 Å². The monoisotopic (exact) mass is 317 g/mol. The molecule has 1 rings (SSSR count). The summed E-state index contributed by atoms with van der Waals surface area (Å²) in [5.41, 5.74) is 6.77. The van der Waals surface area contributed by atoms with Crippen molar-refractivity contribution in [3.05, 3.63) is 28.3 Å². The predicted molar refractivity (Wildman–Crippen MR) is 74.5 cm³/mol. The number of benzene rings is 1. The lowest BCUT2D eigenvalue weighted by Crippen LogP contribution is -2.26. The highest BCUT2D eigenvalue weighted by Gasteiger charge is 2.25. The largest absolute Gasteiger partial charge is 0.370 e. The third-order valence-corrected chi connectivity index (χ3v) is 3.99. The molecule has 1 aromatic carbocycles. The minimum atomic E-state index is -4.11. The molecule has 0 bridgehead atoms. The van der Waals surface area contributed by atoms with E-state index >= 15 is 0 Å². The number of carbonyl (C=O) groups excluding carboxylic acids is 1. The zero-order chi connectivity index (χ0) is 16.0. The summed E-state index contributed by atoms with van der Waals surface area (Å²) >= 11 is 0. The van der Waals surface area contributed by atoms with Crippen LogP contribution in [0.1, 0.15) is 12.8 Å². The first kappa shape index (κ1) is 16.8. The van der Waals surface area contributed by atoms with Crippen LogP contribution >= 0.6 is 0 Å². The maximum Gasteiger partial charge on any atom is 0.289 e. The highest BCUT2D eigenvalue weighted by molar-refractivity contribution is 7.89. The van der Waals surface area contributed by atoms with E-state index in [-0.39, 0.29) is 25.1 Å². The van der Waals surface area contributed by atoms with Crippen LogP contribution in [0, 0.1) is 10.1 Å². The third-order valence-electron chi connectivity index (χ3n) is 2.50. The van der Waals surface area contributed by atoms with Crippen molar-refractivity contribution >= 4 is 27.3 Å². The molecule has 10 nitrogen and oxygen atoms in total. The molecular formula is C10H15N5O5S. The van der Waals surface area contributed by atoms with E-state index in [4.69, 9.17) is 11.6 Å². The second-order valence-corrected chi connectivity index (χ2v) is 5.79. The van der Waals surface area contributed by atoms with Gasteiger partial charge in [0.1, 0.15) is 0 Å². The van der Waals surface area contributed by atoms with Gasteiger partial charge in [0.15, 0.2) is 4.90 Å². The average molecular weight is 317 g/mol. The molecule has 116 valence electrons. The van der Waals surface area contributed by atoms with Gasteiger partial charge in [-0.15, -0.1) is 0 Å². The number of nitrogens with one attached hydrogen (secondary N) is 2. The lowest BCUT2D eigenvalue weighted by molar-refractivity contribution is -0.387. The maximum absolute atomic E-state index is 12.1. The molecule has 1 aromatic rings. The molecule has 0 heterocycles. The Morgan fingerprint density at radius 3 is 2.57 bits per heavy atom. The molecular weight excluding hydrogens is 302 g/mol. The average Bonchev–Trinajstić information content (AvgIpc) is 2.42. The van der Waals surface area contributed by atoms with E-state index in [1.54, 1.807) is 0 Å². The summed E-state index contributed by atoms with van der Waals surface area (Å²) in [6, 6.07) is 3.37. The van der Waals surface area contributed by atoms with Crippen LogP contribution in [-0.2, 0) is 14.8 Å². The van der Waals surface area contributed by atoms with Gasteiger partial charge in [0.25, 0.3) is 5.69 Å². The number of hydrazine groups is 1. The molecule has 0 aliphatic heterocycles. The van der Waals surface area contributed by atoms with Gasteiger partial charge < -0.3 is 11.2 Å². The minimum absolute atomic E-state index is 0.00894. The zero-order valence-corrected chi connectivity index (χ0v) is 11.7. The van der Waals surface area contributed by atoms with Crippen molar-refractivity contribution in [1.82, 2.24) is 4.72 Å². The van der Waals surface area contributed by atoms with Gasteiger partial charge in [-0.3, -0.25) is 20.8 Å². The second-order valence-electron chi connectivity index (χ2n) is 4.05. The van der Waals surface area contributed by atoms with Crippen molar-refractivity contribution in [2.24, 2.45) is 11.6 Å². The highest BCUT2D eigenvalue weighted by Crippen LogP contribution is 2.26. The number of nitrogens with zero attached hydrogens (tertiary/aromatic N) is 1. The quantitative estimate of drug-likeness (QED) is 0.215. The molecule has 0 saturated heterocycles. The molecule has 0 aromatic heterocycles. The number of hydrogen-bond acceptors (Lipinski definition) is 7. The lowest BCUT2D eigenvalue weighted by atomic mass is 10.3. The van der Waals surface area contributed by atoms with Gasteiger partial charge in [-0.2, -0.15) is 0 Å². The van der Waals surface area contributed by atoms with E-state index < -0.39 is 31.4 Å². The normalized spacial score (nSPS) is 11.1. The van der Waals surface area contributed by atoms with Crippen LogP contribution in [0.4, 0.5) is 11.4 Å².